The molecule has 0 saturated carbocycles. The Morgan fingerprint density at radius 1 is 1.20 bits per heavy atom. The SMILES string of the molecule is Cc1ccc(OOI)cc1. The van der Waals surface area contributed by atoms with Gasteiger partial charge in [-0.3, -0.25) is 0 Å². The molecule has 0 amide bonds. The van der Waals surface area contributed by atoms with Gasteiger partial charge < -0.3 is 4.89 Å². The average molecular weight is 250 g/mol. The van der Waals surface area contributed by atoms with Gasteiger partial charge in [0.2, 0.25) is 0 Å². The van der Waals surface area contributed by atoms with E-state index in [1.165, 1.54) is 5.56 Å². The highest BCUT2D eigenvalue weighted by Gasteiger charge is 1.90. The van der Waals surface area contributed by atoms with Crippen LogP contribution in [0.25, 0.3) is 0 Å². The Morgan fingerprint density at radius 3 is 2.30 bits per heavy atom. The number of benzene rings is 1. The molecule has 0 unspecified atom stereocenters. The monoisotopic (exact) mass is 250 g/mol. The number of hydrogen-bond acceptors (Lipinski definition) is 2. The summed E-state index contributed by atoms with van der Waals surface area (Å²) in [4.78, 5) is 4.75. The zero-order valence-electron chi connectivity index (χ0n) is 5.50. The van der Waals surface area contributed by atoms with Gasteiger partial charge in [-0.1, -0.05) is 17.7 Å². The highest BCUT2D eigenvalue weighted by molar-refractivity contribution is 14.1. The van der Waals surface area contributed by atoms with E-state index in [1.54, 1.807) is 23.0 Å². The minimum absolute atomic E-state index is 0.722. The van der Waals surface area contributed by atoms with Crippen LogP contribution in [0.1, 0.15) is 5.56 Å². The predicted molar refractivity (Wildman–Crippen MR) is 46.9 cm³/mol. The van der Waals surface area contributed by atoms with Crippen LogP contribution < -0.4 is 4.89 Å². The lowest BCUT2D eigenvalue weighted by Gasteiger charge is -1.97. The molecule has 54 valence electrons. The van der Waals surface area contributed by atoms with Crippen molar-refractivity contribution in [3.05, 3.63) is 29.8 Å². The van der Waals surface area contributed by atoms with Crippen molar-refractivity contribution in [1.82, 2.24) is 0 Å². The standard InChI is InChI=1S/C7H7IO2/c1-6-2-4-7(5-3-6)9-10-8/h2-5H,1H3. The molecule has 2 nitrogen and oxygen atoms in total. The Morgan fingerprint density at radius 2 is 1.80 bits per heavy atom. The van der Waals surface area contributed by atoms with Crippen molar-refractivity contribution in [2.75, 3.05) is 0 Å². The fraction of sp³-hybridized carbons (Fsp3) is 0.143. The molecule has 1 aromatic carbocycles. The van der Waals surface area contributed by atoms with Crippen LogP contribution in [-0.4, -0.2) is 0 Å². The molecule has 0 fully saturated rings. The molecule has 0 spiro atoms. The van der Waals surface area contributed by atoms with Crippen molar-refractivity contribution in [3.8, 4) is 5.75 Å². The van der Waals surface area contributed by atoms with Gasteiger partial charge in [-0.05, 0) is 19.1 Å². The normalized spacial score (nSPS) is 9.40. The molecule has 0 saturated heterocycles. The average Bonchev–Trinajstić information content (AvgIpc) is 1.95. The van der Waals surface area contributed by atoms with E-state index in [9.17, 15) is 0 Å². The topological polar surface area (TPSA) is 18.5 Å². The second kappa shape index (κ2) is 3.78. The molecule has 0 aliphatic rings. The van der Waals surface area contributed by atoms with Gasteiger partial charge in [-0.15, -0.1) is 3.22 Å². The van der Waals surface area contributed by atoms with Gasteiger partial charge in [0, 0.05) is 0 Å². The minimum atomic E-state index is 0.722. The molecule has 0 aromatic heterocycles. The number of halogens is 1. The molecule has 0 bridgehead atoms. The Bertz CT molecular complexity index is 195. The van der Waals surface area contributed by atoms with Crippen LogP contribution in [0, 0.1) is 6.92 Å². The van der Waals surface area contributed by atoms with Crippen molar-refractivity contribution >= 4 is 23.0 Å². The van der Waals surface area contributed by atoms with E-state index in [4.69, 9.17) is 4.89 Å². The van der Waals surface area contributed by atoms with Crippen LogP contribution in [0.15, 0.2) is 24.3 Å². The fourth-order valence-corrected chi connectivity index (χ4v) is 0.838. The van der Waals surface area contributed by atoms with Gasteiger partial charge in [-0.2, -0.15) is 0 Å². The summed E-state index contributed by atoms with van der Waals surface area (Å²) in [6, 6.07) is 7.64. The van der Waals surface area contributed by atoms with Crippen LogP contribution >= 0.6 is 23.0 Å². The zero-order chi connectivity index (χ0) is 7.40. The van der Waals surface area contributed by atoms with Gasteiger partial charge in [-0.25, -0.2) is 0 Å². The van der Waals surface area contributed by atoms with E-state index in [0.717, 1.165) is 5.75 Å². The van der Waals surface area contributed by atoms with Crippen LogP contribution in [-0.2, 0) is 3.22 Å². The van der Waals surface area contributed by atoms with Crippen molar-refractivity contribution in [2.24, 2.45) is 0 Å². The molecule has 0 heterocycles. The maximum Gasteiger partial charge on any atom is 0.170 e. The third kappa shape index (κ3) is 2.15. The molecule has 10 heavy (non-hydrogen) atoms. The summed E-state index contributed by atoms with van der Waals surface area (Å²) in [6.07, 6.45) is 0. The minimum Gasteiger partial charge on any atom is -0.327 e. The Hall–Kier alpha value is -0.290. The largest absolute Gasteiger partial charge is 0.327 e. The molecule has 3 heteroatoms. The van der Waals surface area contributed by atoms with E-state index in [2.05, 4.69) is 3.22 Å². The van der Waals surface area contributed by atoms with Gasteiger partial charge in [0.05, 0.1) is 0 Å². The third-order valence-electron chi connectivity index (χ3n) is 1.15. The Labute approximate surface area is 73.8 Å². The van der Waals surface area contributed by atoms with Crippen molar-refractivity contribution in [1.29, 1.82) is 0 Å². The van der Waals surface area contributed by atoms with E-state index in [-0.39, 0.29) is 0 Å². The summed E-state index contributed by atoms with van der Waals surface area (Å²) in [5, 5.41) is 0. The maximum absolute atomic E-state index is 4.75. The summed E-state index contributed by atoms with van der Waals surface area (Å²) in [5.41, 5.74) is 1.21. The predicted octanol–water partition coefficient (Wildman–Crippen LogP) is 2.66. The second-order valence-electron chi connectivity index (χ2n) is 1.96. The molecule has 0 radical (unpaired) electrons. The van der Waals surface area contributed by atoms with Gasteiger partial charge >= 0.3 is 0 Å². The van der Waals surface area contributed by atoms with Crippen molar-refractivity contribution in [3.63, 3.8) is 0 Å². The third-order valence-corrected chi connectivity index (χ3v) is 1.33. The lowest BCUT2D eigenvalue weighted by Crippen LogP contribution is -1.84. The van der Waals surface area contributed by atoms with Crippen molar-refractivity contribution in [2.45, 2.75) is 6.92 Å². The van der Waals surface area contributed by atoms with Crippen LogP contribution in [0.4, 0.5) is 0 Å². The first-order chi connectivity index (χ1) is 4.83. The summed E-state index contributed by atoms with van der Waals surface area (Å²) in [7, 11) is 0. The summed E-state index contributed by atoms with van der Waals surface area (Å²) in [6.45, 7) is 2.02. The van der Waals surface area contributed by atoms with Gasteiger partial charge in [0.15, 0.2) is 28.8 Å². The Balaban J connectivity index is 2.69. The molecule has 1 aromatic rings. The fourth-order valence-electron chi connectivity index (χ4n) is 0.630. The Kier molecular flexibility index (Phi) is 2.95. The lowest BCUT2D eigenvalue weighted by molar-refractivity contribution is -0.0471. The summed E-state index contributed by atoms with van der Waals surface area (Å²) in [5.74, 6) is 0.722. The molecule has 0 aliphatic carbocycles. The number of hydrogen-bond donors (Lipinski definition) is 0. The second-order valence-corrected chi connectivity index (χ2v) is 2.32. The van der Waals surface area contributed by atoms with Crippen LogP contribution in [0.3, 0.4) is 0 Å². The van der Waals surface area contributed by atoms with Gasteiger partial charge in [0.25, 0.3) is 0 Å². The lowest BCUT2D eigenvalue weighted by atomic mass is 10.2. The van der Waals surface area contributed by atoms with Crippen molar-refractivity contribution < 1.29 is 8.10 Å². The highest BCUT2D eigenvalue weighted by Crippen LogP contribution is 2.12. The smallest absolute Gasteiger partial charge is 0.170 e. The molecule has 0 aliphatic heterocycles. The van der Waals surface area contributed by atoms with E-state index in [0.29, 0.717) is 0 Å². The quantitative estimate of drug-likeness (QED) is 0.456. The summed E-state index contributed by atoms with van der Waals surface area (Å²) < 4.78 is 4.44. The molecule has 1 rings (SSSR count). The van der Waals surface area contributed by atoms with E-state index >= 15 is 0 Å². The van der Waals surface area contributed by atoms with E-state index in [1.807, 2.05) is 31.2 Å². The maximum atomic E-state index is 4.75. The summed E-state index contributed by atoms with van der Waals surface area (Å²) >= 11 is 1.68. The first-order valence-electron chi connectivity index (χ1n) is 2.85. The highest BCUT2D eigenvalue weighted by atomic mass is 127. The molecular formula is C7H7IO2. The molecule has 0 N–H and O–H groups in total. The van der Waals surface area contributed by atoms with E-state index < -0.39 is 0 Å². The van der Waals surface area contributed by atoms with Crippen LogP contribution in [0.2, 0.25) is 0 Å². The van der Waals surface area contributed by atoms with Gasteiger partial charge in [0.1, 0.15) is 0 Å². The zero-order valence-corrected chi connectivity index (χ0v) is 7.66. The first kappa shape index (κ1) is 7.81. The first-order valence-corrected chi connectivity index (χ1v) is 3.73. The number of rotatable bonds is 2. The molecule has 0 atom stereocenters. The number of aryl methyl sites for hydroxylation is 1. The van der Waals surface area contributed by atoms with Crippen LogP contribution in [0.5, 0.6) is 5.75 Å². The molecular weight excluding hydrogens is 243 g/mol.